The third-order valence-electron chi connectivity index (χ3n) is 2.60. The SMILES string of the molecule is CCCCC1[Se]C(=O)c2ccccc21. The molecule has 1 aliphatic heterocycles. The summed E-state index contributed by atoms with van der Waals surface area (Å²) in [5.41, 5.74) is 2.31. The zero-order valence-corrected chi connectivity index (χ0v) is 10.0. The van der Waals surface area contributed by atoms with Gasteiger partial charge < -0.3 is 0 Å². The average molecular weight is 253 g/mol. The molecule has 1 aromatic rings. The molecule has 0 radical (unpaired) electrons. The number of hydrogen-bond donors (Lipinski definition) is 0. The monoisotopic (exact) mass is 254 g/mol. The third kappa shape index (κ3) is 1.77. The Labute approximate surface area is 91.1 Å². The fourth-order valence-corrected chi connectivity index (χ4v) is 4.32. The topological polar surface area (TPSA) is 17.1 Å². The van der Waals surface area contributed by atoms with Crippen LogP contribution in [-0.4, -0.2) is 19.6 Å². The van der Waals surface area contributed by atoms with Crippen LogP contribution in [0, 0.1) is 0 Å². The minimum atomic E-state index is 0.166. The van der Waals surface area contributed by atoms with Crippen molar-refractivity contribution in [2.24, 2.45) is 0 Å². The van der Waals surface area contributed by atoms with Gasteiger partial charge in [-0.15, -0.1) is 0 Å². The van der Waals surface area contributed by atoms with E-state index in [-0.39, 0.29) is 15.0 Å². The van der Waals surface area contributed by atoms with Gasteiger partial charge in [-0.25, -0.2) is 0 Å². The van der Waals surface area contributed by atoms with Gasteiger partial charge in [0, 0.05) is 0 Å². The normalized spacial score (nSPS) is 19.8. The first-order chi connectivity index (χ1) is 6.83. The number of hydrogen-bond acceptors (Lipinski definition) is 1. The molecule has 1 heterocycles. The molecular formula is C12H14OSe. The van der Waals surface area contributed by atoms with E-state index in [1.54, 1.807) is 0 Å². The number of fused-ring (bicyclic) bond motifs is 1. The molecule has 0 saturated heterocycles. The summed E-state index contributed by atoms with van der Waals surface area (Å²) < 4.78 is 0.397. The van der Waals surface area contributed by atoms with Crippen molar-refractivity contribution in [3.63, 3.8) is 0 Å². The molecule has 1 aromatic carbocycles. The molecule has 0 saturated carbocycles. The molecule has 0 bridgehead atoms. The molecule has 1 aliphatic rings. The van der Waals surface area contributed by atoms with Gasteiger partial charge in [0.25, 0.3) is 0 Å². The van der Waals surface area contributed by atoms with E-state index in [9.17, 15) is 4.79 Å². The van der Waals surface area contributed by atoms with Gasteiger partial charge in [-0.05, 0) is 0 Å². The standard InChI is InChI=1S/C12H14OSe/c1-2-3-8-11-9-6-4-5-7-10(9)12(13)14-11/h4-7,11H,2-3,8H2,1H3. The Kier molecular flexibility index (Phi) is 3.05. The molecule has 0 fully saturated rings. The van der Waals surface area contributed by atoms with Crippen molar-refractivity contribution < 1.29 is 4.79 Å². The predicted octanol–water partition coefficient (Wildman–Crippen LogP) is 2.78. The Morgan fingerprint density at radius 2 is 2.14 bits per heavy atom. The number of unbranched alkanes of at least 4 members (excludes halogenated alkanes) is 1. The summed E-state index contributed by atoms with van der Waals surface area (Å²) in [6.45, 7) is 2.20. The van der Waals surface area contributed by atoms with Gasteiger partial charge in [0.05, 0.1) is 0 Å². The summed E-state index contributed by atoms with van der Waals surface area (Å²) >= 11 is 0.166. The van der Waals surface area contributed by atoms with E-state index in [1.165, 1.54) is 24.8 Å². The summed E-state index contributed by atoms with van der Waals surface area (Å²) in [4.78, 5) is 12.2. The van der Waals surface area contributed by atoms with Crippen molar-refractivity contribution in [2.45, 2.75) is 31.0 Å². The van der Waals surface area contributed by atoms with Gasteiger partial charge in [-0.1, -0.05) is 0 Å². The summed E-state index contributed by atoms with van der Waals surface area (Å²) in [5.74, 6) is 0. The van der Waals surface area contributed by atoms with E-state index in [4.69, 9.17) is 0 Å². The molecule has 0 N–H and O–H groups in total. The molecule has 0 amide bonds. The van der Waals surface area contributed by atoms with Crippen LogP contribution in [0.15, 0.2) is 24.3 Å². The molecular weight excluding hydrogens is 239 g/mol. The zero-order chi connectivity index (χ0) is 9.97. The Balaban J connectivity index is 2.21. The van der Waals surface area contributed by atoms with Crippen LogP contribution < -0.4 is 0 Å². The first kappa shape index (κ1) is 9.95. The van der Waals surface area contributed by atoms with E-state index in [2.05, 4.69) is 13.0 Å². The average Bonchev–Trinajstić information content (AvgIpc) is 2.54. The van der Waals surface area contributed by atoms with Crippen molar-refractivity contribution in [1.82, 2.24) is 0 Å². The van der Waals surface area contributed by atoms with Crippen molar-refractivity contribution in [3.8, 4) is 0 Å². The molecule has 1 atom stereocenters. The number of benzene rings is 1. The minimum absolute atomic E-state index is 0.166. The first-order valence-corrected chi connectivity index (χ1v) is 6.97. The zero-order valence-electron chi connectivity index (χ0n) is 8.32. The van der Waals surface area contributed by atoms with Crippen LogP contribution in [-0.2, 0) is 0 Å². The van der Waals surface area contributed by atoms with Crippen molar-refractivity contribution in [1.29, 1.82) is 0 Å². The third-order valence-corrected chi connectivity index (χ3v) is 5.13. The number of rotatable bonds is 3. The van der Waals surface area contributed by atoms with Crippen LogP contribution in [0.25, 0.3) is 0 Å². The number of carbonyl (C=O) groups excluding carboxylic acids is 1. The molecule has 0 spiro atoms. The molecule has 14 heavy (non-hydrogen) atoms. The second-order valence-electron chi connectivity index (χ2n) is 3.62. The predicted molar refractivity (Wildman–Crippen MR) is 58.8 cm³/mol. The van der Waals surface area contributed by atoms with Gasteiger partial charge in [0.2, 0.25) is 0 Å². The summed E-state index contributed by atoms with van der Waals surface area (Å²) in [6.07, 6.45) is 3.66. The van der Waals surface area contributed by atoms with E-state index in [1.807, 2.05) is 18.2 Å². The van der Waals surface area contributed by atoms with Gasteiger partial charge in [0.1, 0.15) is 0 Å². The van der Waals surface area contributed by atoms with Crippen LogP contribution in [0.5, 0.6) is 0 Å². The molecule has 74 valence electrons. The van der Waals surface area contributed by atoms with Crippen molar-refractivity contribution in [3.05, 3.63) is 35.4 Å². The second-order valence-corrected chi connectivity index (χ2v) is 6.09. The van der Waals surface area contributed by atoms with Gasteiger partial charge in [-0.3, -0.25) is 0 Å². The quantitative estimate of drug-likeness (QED) is 0.757. The summed E-state index contributed by atoms with van der Waals surface area (Å²) in [6, 6.07) is 8.12. The maximum absolute atomic E-state index is 11.7. The molecule has 2 rings (SSSR count). The second kappa shape index (κ2) is 4.29. The molecule has 0 aromatic heterocycles. The van der Waals surface area contributed by atoms with E-state index in [0.29, 0.717) is 9.50 Å². The van der Waals surface area contributed by atoms with Gasteiger partial charge in [-0.2, -0.15) is 0 Å². The van der Waals surface area contributed by atoms with Gasteiger partial charge in [0.15, 0.2) is 0 Å². The van der Waals surface area contributed by atoms with E-state index < -0.39 is 0 Å². The fraction of sp³-hybridized carbons (Fsp3) is 0.417. The first-order valence-electron chi connectivity index (χ1n) is 5.13. The maximum atomic E-state index is 11.7. The fourth-order valence-electron chi connectivity index (χ4n) is 1.82. The summed E-state index contributed by atoms with van der Waals surface area (Å²) in [7, 11) is 0. The van der Waals surface area contributed by atoms with Crippen molar-refractivity contribution >= 4 is 19.6 Å². The van der Waals surface area contributed by atoms with Crippen LogP contribution in [0.1, 0.15) is 46.9 Å². The molecule has 0 aliphatic carbocycles. The van der Waals surface area contributed by atoms with Crippen LogP contribution >= 0.6 is 0 Å². The van der Waals surface area contributed by atoms with Crippen LogP contribution in [0.3, 0.4) is 0 Å². The summed E-state index contributed by atoms with van der Waals surface area (Å²) in [5, 5.41) is 0. The Hall–Kier alpha value is -0.591. The van der Waals surface area contributed by atoms with E-state index in [0.717, 1.165) is 5.56 Å². The molecule has 1 nitrogen and oxygen atoms in total. The molecule has 1 unspecified atom stereocenters. The van der Waals surface area contributed by atoms with E-state index >= 15 is 0 Å². The Morgan fingerprint density at radius 1 is 1.36 bits per heavy atom. The van der Waals surface area contributed by atoms with Gasteiger partial charge >= 0.3 is 90.8 Å². The van der Waals surface area contributed by atoms with Crippen LogP contribution in [0.4, 0.5) is 0 Å². The Bertz CT molecular complexity index is 346. The van der Waals surface area contributed by atoms with Crippen molar-refractivity contribution in [2.75, 3.05) is 0 Å². The molecule has 2 heteroatoms. The Morgan fingerprint density at radius 3 is 2.93 bits per heavy atom. The van der Waals surface area contributed by atoms with Crippen LogP contribution in [0.2, 0.25) is 0 Å². The number of carbonyl (C=O) groups is 1.